The van der Waals surface area contributed by atoms with Crippen LogP contribution in [0.1, 0.15) is 24.4 Å². The van der Waals surface area contributed by atoms with E-state index >= 15 is 0 Å². The fourth-order valence-electron chi connectivity index (χ4n) is 4.04. The van der Waals surface area contributed by atoms with Gasteiger partial charge in [0, 0.05) is 39.3 Å². The first kappa shape index (κ1) is 21.9. The molecule has 0 bridgehead atoms. The van der Waals surface area contributed by atoms with E-state index in [0.717, 1.165) is 57.0 Å². The van der Waals surface area contributed by atoms with Gasteiger partial charge in [0.25, 0.3) is 0 Å². The van der Waals surface area contributed by atoms with Crippen LogP contribution in [-0.4, -0.2) is 89.4 Å². The fourth-order valence-corrected chi connectivity index (χ4v) is 4.04. The van der Waals surface area contributed by atoms with E-state index in [4.69, 9.17) is 9.47 Å². The molecule has 2 atom stereocenters. The Morgan fingerprint density at radius 3 is 2.38 bits per heavy atom. The smallest absolute Gasteiger partial charge is 0.191 e. The topological polar surface area (TPSA) is 61.4 Å². The van der Waals surface area contributed by atoms with Gasteiger partial charge in [0.2, 0.25) is 0 Å². The predicted octanol–water partition coefficient (Wildman–Crippen LogP) is 1.57. The number of benzene rings is 1. The first-order chi connectivity index (χ1) is 14.1. The van der Waals surface area contributed by atoms with E-state index in [2.05, 4.69) is 51.7 Å². The summed E-state index contributed by atoms with van der Waals surface area (Å²) in [5.74, 6) is 2.56. The Hall–Kier alpha value is -1.83. The SMILES string of the molecule is CN=C(NCC(C1CC1)N(C)C)NCC(c1ccc(OC)cc1)N1CCOCC1. The summed E-state index contributed by atoms with van der Waals surface area (Å²) in [5, 5.41) is 7.09. The number of nitrogens with one attached hydrogen (secondary N) is 2. The van der Waals surface area contributed by atoms with Gasteiger partial charge in [0.05, 0.1) is 26.4 Å². The molecule has 1 aromatic rings. The van der Waals surface area contributed by atoms with Crippen LogP contribution in [0.15, 0.2) is 29.3 Å². The molecule has 1 aliphatic heterocycles. The lowest BCUT2D eigenvalue weighted by molar-refractivity contribution is 0.0170. The number of likely N-dealkylation sites (N-methyl/N-ethyl adjacent to an activating group) is 1. The highest BCUT2D eigenvalue weighted by Crippen LogP contribution is 2.34. The average Bonchev–Trinajstić information content (AvgIpc) is 3.58. The van der Waals surface area contributed by atoms with E-state index in [1.165, 1.54) is 18.4 Å². The number of methoxy groups -OCH3 is 1. The van der Waals surface area contributed by atoms with Crippen LogP contribution < -0.4 is 15.4 Å². The zero-order valence-electron chi connectivity index (χ0n) is 18.4. The van der Waals surface area contributed by atoms with Gasteiger partial charge in [-0.05, 0) is 50.6 Å². The minimum Gasteiger partial charge on any atom is -0.497 e. The lowest BCUT2D eigenvalue weighted by Gasteiger charge is -2.35. The van der Waals surface area contributed by atoms with Gasteiger partial charge in [0.1, 0.15) is 5.75 Å². The molecule has 0 radical (unpaired) electrons. The molecule has 162 valence electrons. The third-order valence-electron chi connectivity index (χ3n) is 5.98. The van der Waals surface area contributed by atoms with Gasteiger partial charge >= 0.3 is 0 Å². The molecule has 1 heterocycles. The predicted molar refractivity (Wildman–Crippen MR) is 118 cm³/mol. The molecule has 3 rings (SSSR count). The van der Waals surface area contributed by atoms with Gasteiger partial charge in [0.15, 0.2) is 5.96 Å². The molecule has 0 amide bonds. The van der Waals surface area contributed by atoms with Gasteiger partial charge in [-0.3, -0.25) is 9.89 Å². The Labute approximate surface area is 175 Å². The highest BCUT2D eigenvalue weighted by Gasteiger charge is 2.32. The summed E-state index contributed by atoms with van der Waals surface area (Å²) in [5.41, 5.74) is 1.28. The zero-order valence-corrected chi connectivity index (χ0v) is 18.4. The van der Waals surface area contributed by atoms with E-state index in [9.17, 15) is 0 Å². The Morgan fingerprint density at radius 1 is 1.17 bits per heavy atom. The van der Waals surface area contributed by atoms with Crippen molar-refractivity contribution in [2.24, 2.45) is 10.9 Å². The molecule has 7 heteroatoms. The largest absolute Gasteiger partial charge is 0.497 e. The summed E-state index contributed by atoms with van der Waals surface area (Å²) in [6, 6.07) is 9.21. The third kappa shape index (κ3) is 6.32. The maximum Gasteiger partial charge on any atom is 0.191 e. The summed E-state index contributed by atoms with van der Waals surface area (Å²) < 4.78 is 10.9. The van der Waals surface area contributed by atoms with Crippen LogP contribution in [-0.2, 0) is 4.74 Å². The lowest BCUT2D eigenvalue weighted by atomic mass is 10.0. The van der Waals surface area contributed by atoms with Crippen LogP contribution in [0.2, 0.25) is 0 Å². The van der Waals surface area contributed by atoms with Crippen LogP contribution in [0.3, 0.4) is 0 Å². The highest BCUT2D eigenvalue weighted by atomic mass is 16.5. The van der Waals surface area contributed by atoms with Crippen LogP contribution in [0.5, 0.6) is 5.75 Å². The Bertz CT molecular complexity index is 637. The van der Waals surface area contributed by atoms with Crippen LogP contribution >= 0.6 is 0 Å². The first-order valence-corrected chi connectivity index (χ1v) is 10.7. The fraction of sp³-hybridized carbons (Fsp3) is 0.682. The molecule has 0 aromatic heterocycles. The number of aliphatic imine (C=N–C) groups is 1. The minimum atomic E-state index is 0.261. The molecule has 2 N–H and O–H groups in total. The molecular formula is C22H37N5O2. The monoisotopic (exact) mass is 403 g/mol. The van der Waals surface area contributed by atoms with Gasteiger partial charge in [-0.2, -0.15) is 0 Å². The van der Waals surface area contributed by atoms with Crippen LogP contribution in [0.25, 0.3) is 0 Å². The number of hydrogen-bond donors (Lipinski definition) is 2. The molecular weight excluding hydrogens is 366 g/mol. The van der Waals surface area contributed by atoms with E-state index < -0.39 is 0 Å². The van der Waals surface area contributed by atoms with E-state index in [1.807, 2.05) is 19.2 Å². The lowest BCUT2D eigenvalue weighted by Crippen LogP contribution is -2.49. The average molecular weight is 404 g/mol. The van der Waals surface area contributed by atoms with Crippen LogP contribution in [0.4, 0.5) is 0 Å². The van der Waals surface area contributed by atoms with Crippen molar-refractivity contribution in [3.63, 3.8) is 0 Å². The summed E-state index contributed by atoms with van der Waals surface area (Å²) in [4.78, 5) is 9.26. The molecule has 2 aliphatic rings. The van der Waals surface area contributed by atoms with Crippen molar-refractivity contribution in [1.82, 2.24) is 20.4 Å². The molecule has 7 nitrogen and oxygen atoms in total. The summed E-state index contributed by atoms with van der Waals surface area (Å²) >= 11 is 0. The van der Waals surface area contributed by atoms with Crippen molar-refractivity contribution in [2.45, 2.75) is 24.9 Å². The van der Waals surface area contributed by atoms with E-state index in [-0.39, 0.29) is 6.04 Å². The van der Waals surface area contributed by atoms with E-state index in [0.29, 0.717) is 6.04 Å². The molecule has 1 saturated carbocycles. The van der Waals surface area contributed by atoms with Crippen molar-refractivity contribution in [3.05, 3.63) is 29.8 Å². The maximum atomic E-state index is 5.56. The van der Waals surface area contributed by atoms with Gasteiger partial charge < -0.3 is 25.0 Å². The molecule has 1 aliphatic carbocycles. The second-order valence-corrected chi connectivity index (χ2v) is 8.14. The van der Waals surface area contributed by atoms with Gasteiger partial charge in [-0.15, -0.1) is 0 Å². The molecule has 29 heavy (non-hydrogen) atoms. The van der Waals surface area contributed by atoms with Crippen molar-refractivity contribution in [2.75, 3.05) is 67.6 Å². The third-order valence-corrected chi connectivity index (χ3v) is 5.98. The standard InChI is InChI=1S/C22H37N5O2/c1-23-22(24-15-20(26(2)3)17-5-6-17)25-16-21(27-11-13-29-14-12-27)18-7-9-19(28-4)10-8-18/h7-10,17,20-21H,5-6,11-16H2,1-4H3,(H2,23,24,25). The van der Waals surface area contributed by atoms with Crippen LogP contribution in [0, 0.1) is 5.92 Å². The number of rotatable bonds is 9. The zero-order chi connectivity index (χ0) is 20.6. The van der Waals surface area contributed by atoms with Gasteiger partial charge in [-0.25, -0.2) is 0 Å². The van der Waals surface area contributed by atoms with Crippen molar-refractivity contribution in [3.8, 4) is 5.75 Å². The maximum absolute atomic E-state index is 5.56. The second-order valence-electron chi connectivity index (χ2n) is 8.14. The summed E-state index contributed by atoms with van der Waals surface area (Å²) in [6.45, 7) is 5.16. The van der Waals surface area contributed by atoms with Crippen molar-refractivity contribution in [1.29, 1.82) is 0 Å². The Morgan fingerprint density at radius 2 is 1.83 bits per heavy atom. The molecule has 0 spiro atoms. The summed E-state index contributed by atoms with van der Waals surface area (Å²) in [6.07, 6.45) is 2.68. The summed E-state index contributed by atoms with van der Waals surface area (Å²) in [7, 11) is 7.88. The Kier molecular flexibility index (Phi) is 8.15. The number of guanidine groups is 1. The quantitative estimate of drug-likeness (QED) is 0.482. The minimum absolute atomic E-state index is 0.261. The van der Waals surface area contributed by atoms with E-state index in [1.54, 1.807) is 7.11 Å². The normalized spacial score (nSPS) is 20.4. The first-order valence-electron chi connectivity index (χ1n) is 10.7. The number of nitrogens with zero attached hydrogens (tertiary/aromatic N) is 3. The molecule has 2 unspecified atom stereocenters. The Balaban J connectivity index is 1.61. The number of morpholine rings is 1. The van der Waals surface area contributed by atoms with Crippen molar-refractivity contribution >= 4 is 5.96 Å². The molecule has 1 aromatic carbocycles. The van der Waals surface area contributed by atoms with Gasteiger partial charge in [-0.1, -0.05) is 12.1 Å². The molecule has 2 fully saturated rings. The second kappa shape index (κ2) is 10.8. The number of ether oxygens (including phenoxy) is 2. The highest BCUT2D eigenvalue weighted by molar-refractivity contribution is 5.79. The number of hydrogen-bond acceptors (Lipinski definition) is 5. The molecule has 1 saturated heterocycles. The van der Waals surface area contributed by atoms with Crippen molar-refractivity contribution < 1.29 is 9.47 Å².